The van der Waals surface area contributed by atoms with E-state index in [-0.39, 0.29) is 0 Å². The van der Waals surface area contributed by atoms with Gasteiger partial charge in [-0.1, -0.05) is 23.2 Å². The first-order chi connectivity index (χ1) is 7.74. The monoisotopic (exact) mass is 262 g/mol. The molecule has 90 valence electrons. The second kappa shape index (κ2) is 7.74. The Balaban J connectivity index is 2.19. The molecule has 0 aromatic heterocycles. The zero-order valence-electron chi connectivity index (χ0n) is 9.01. The van der Waals surface area contributed by atoms with E-state index in [1.165, 1.54) is 0 Å². The molecule has 0 heterocycles. The molecule has 0 aliphatic rings. The van der Waals surface area contributed by atoms with Crippen LogP contribution in [-0.2, 0) is 0 Å². The molecule has 0 amide bonds. The molecule has 1 aromatic rings. The Morgan fingerprint density at radius 2 is 2.00 bits per heavy atom. The van der Waals surface area contributed by atoms with Gasteiger partial charge in [-0.3, -0.25) is 0 Å². The third-order valence-electron chi connectivity index (χ3n) is 2.00. The number of nitrogens with one attached hydrogen (secondary N) is 1. The highest BCUT2D eigenvalue weighted by molar-refractivity contribution is 6.42. The van der Waals surface area contributed by atoms with Crippen LogP contribution in [0, 0.1) is 0 Å². The quantitative estimate of drug-likeness (QED) is 0.742. The standard InChI is InChI=1S/C11H16Cl2N2O/c12-10-3-2-9(8-11(10)13)16-7-6-15-5-1-4-14/h2-3,8,15H,1,4-7,14H2. The van der Waals surface area contributed by atoms with Crippen molar-refractivity contribution < 1.29 is 4.74 Å². The molecule has 0 saturated heterocycles. The highest BCUT2D eigenvalue weighted by atomic mass is 35.5. The van der Waals surface area contributed by atoms with E-state index in [0.29, 0.717) is 23.2 Å². The molecule has 1 aromatic carbocycles. The lowest BCUT2D eigenvalue weighted by Crippen LogP contribution is -2.23. The number of benzene rings is 1. The van der Waals surface area contributed by atoms with Crippen LogP contribution in [0.3, 0.4) is 0 Å². The van der Waals surface area contributed by atoms with Gasteiger partial charge in [0.2, 0.25) is 0 Å². The Hall–Kier alpha value is -0.480. The zero-order valence-corrected chi connectivity index (χ0v) is 10.5. The minimum atomic E-state index is 0.509. The SMILES string of the molecule is NCCCNCCOc1ccc(Cl)c(Cl)c1. The van der Waals surface area contributed by atoms with Crippen molar-refractivity contribution in [3.8, 4) is 5.75 Å². The Bertz CT molecular complexity index is 321. The molecule has 0 spiro atoms. The summed E-state index contributed by atoms with van der Waals surface area (Å²) >= 11 is 11.6. The van der Waals surface area contributed by atoms with E-state index in [0.717, 1.165) is 25.3 Å². The van der Waals surface area contributed by atoms with Gasteiger partial charge < -0.3 is 15.8 Å². The fourth-order valence-electron chi connectivity index (χ4n) is 1.16. The molecule has 16 heavy (non-hydrogen) atoms. The molecule has 0 aliphatic heterocycles. The van der Waals surface area contributed by atoms with E-state index in [2.05, 4.69) is 5.32 Å². The highest BCUT2D eigenvalue weighted by Crippen LogP contribution is 2.26. The topological polar surface area (TPSA) is 47.3 Å². The van der Waals surface area contributed by atoms with Crippen LogP contribution in [0.15, 0.2) is 18.2 Å². The largest absolute Gasteiger partial charge is 0.492 e. The molecule has 0 aliphatic carbocycles. The van der Waals surface area contributed by atoms with Crippen molar-refractivity contribution in [2.75, 3.05) is 26.2 Å². The van der Waals surface area contributed by atoms with Gasteiger partial charge in [-0.25, -0.2) is 0 Å². The molecule has 0 bridgehead atoms. The van der Waals surface area contributed by atoms with Crippen LogP contribution in [0.4, 0.5) is 0 Å². The Kier molecular flexibility index (Phi) is 6.57. The van der Waals surface area contributed by atoms with Crippen molar-refractivity contribution in [1.29, 1.82) is 0 Å². The summed E-state index contributed by atoms with van der Waals surface area (Å²) in [5.74, 6) is 0.732. The molecule has 0 unspecified atom stereocenters. The van der Waals surface area contributed by atoms with Crippen LogP contribution in [-0.4, -0.2) is 26.2 Å². The fourth-order valence-corrected chi connectivity index (χ4v) is 1.45. The van der Waals surface area contributed by atoms with Gasteiger partial charge in [-0.05, 0) is 31.6 Å². The Morgan fingerprint density at radius 3 is 2.69 bits per heavy atom. The molecular formula is C11H16Cl2N2O. The third-order valence-corrected chi connectivity index (χ3v) is 2.74. The first-order valence-electron chi connectivity index (χ1n) is 5.22. The van der Waals surface area contributed by atoms with Gasteiger partial charge in [-0.15, -0.1) is 0 Å². The average Bonchev–Trinajstić information content (AvgIpc) is 2.28. The summed E-state index contributed by atoms with van der Waals surface area (Å²) in [5.41, 5.74) is 5.37. The maximum atomic E-state index is 5.85. The van der Waals surface area contributed by atoms with Crippen LogP contribution < -0.4 is 15.8 Å². The molecular weight excluding hydrogens is 247 g/mol. The van der Waals surface area contributed by atoms with E-state index < -0.39 is 0 Å². The number of halogens is 2. The zero-order chi connectivity index (χ0) is 11.8. The lowest BCUT2D eigenvalue weighted by atomic mass is 10.3. The van der Waals surface area contributed by atoms with Gasteiger partial charge in [0.05, 0.1) is 10.0 Å². The van der Waals surface area contributed by atoms with Crippen molar-refractivity contribution in [2.45, 2.75) is 6.42 Å². The molecule has 1 rings (SSSR count). The first kappa shape index (κ1) is 13.6. The predicted octanol–water partition coefficient (Wildman–Crippen LogP) is 2.31. The molecule has 3 nitrogen and oxygen atoms in total. The normalized spacial score (nSPS) is 10.4. The second-order valence-corrected chi connectivity index (χ2v) is 4.13. The maximum absolute atomic E-state index is 5.85. The number of ether oxygens (including phenoxy) is 1. The van der Waals surface area contributed by atoms with Crippen LogP contribution in [0.1, 0.15) is 6.42 Å². The highest BCUT2D eigenvalue weighted by Gasteiger charge is 1.99. The molecule has 5 heteroatoms. The van der Waals surface area contributed by atoms with Crippen LogP contribution in [0.2, 0.25) is 10.0 Å². The summed E-state index contributed by atoms with van der Waals surface area (Å²) in [4.78, 5) is 0. The van der Waals surface area contributed by atoms with E-state index >= 15 is 0 Å². The Morgan fingerprint density at radius 1 is 1.19 bits per heavy atom. The van der Waals surface area contributed by atoms with E-state index in [1.54, 1.807) is 18.2 Å². The average molecular weight is 263 g/mol. The number of nitrogens with two attached hydrogens (primary N) is 1. The summed E-state index contributed by atoms with van der Waals surface area (Å²) in [6.07, 6.45) is 0.979. The van der Waals surface area contributed by atoms with Gasteiger partial charge in [0.1, 0.15) is 12.4 Å². The van der Waals surface area contributed by atoms with Crippen LogP contribution >= 0.6 is 23.2 Å². The number of rotatable bonds is 7. The third kappa shape index (κ3) is 5.03. The molecule has 3 N–H and O–H groups in total. The fraction of sp³-hybridized carbons (Fsp3) is 0.455. The lowest BCUT2D eigenvalue weighted by Gasteiger charge is -2.07. The van der Waals surface area contributed by atoms with E-state index in [9.17, 15) is 0 Å². The van der Waals surface area contributed by atoms with E-state index in [4.69, 9.17) is 33.7 Å². The summed E-state index contributed by atoms with van der Waals surface area (Å²) in [7, 11) is 0. The summed E-state index contributed by atoms with van der Waals surface area (Å²) in [6.45, 7) is 3.02. The Labute approximate surface area is 106 Å². The van der Waals surface area contributed by atoms with Gasteiger partial charge in [0.25, 0.3) is 0 Å². The van der Waals surface area contributed by atoms with Gasteiger partial charge in [0, 0.05) is 12.6 Å². The maximum Gasteiger partial charge on any atom is 0.120 e. The van der Waals surface area contributed by atoms with E-state index in [1.807, 2.05) is 0 Å². The first-order valence-corrected chi connectivity index (χ1v) is 5.98. The van der Waals surface area contributed by atoms with Crippen molar-refractivity contribution in [3.05, 3.63) is 28.2 Å². The molecule has 0 radical (unpaired) electrons. The second-order valence-electron chi connectivity index (χ2n) is 3.32. The lowest BCUT2D eigenvalue weighted by molar-refractivity contribution is 0.314. The van der Waals surface area contributed by atoms with Crippen molar-refractivity contribution in [3.63, 3.8) is 0 Å². The van der Waals surface area contributed by atoms with Crippen LogP contribution in [0.25, 0.3) is 0 Å². The van der Waals surface area contributed by atoms with Crippen molar-refractivity contribution >= 4 is 23.2 Å². The summed E-state index contributed by atoms with van der Waals surface area (Å²) < 4.78 is 5.49. The minimum absolute atomic E-state index is 0.509. The molecule has 0 atom stereocenters. The van der Waals surface area contributed by atoms with Crippen molar-refractivity contribution in [2.24, 2.45) is 5.73 Å². The predicted molar refractivity (Wildman–Crippen MR) is 68.5 cm³/mol. The summed E-state index contributed by atoms with van der Waals surface area (Å²) in [5, 5.41) is 4.27. The van der Waals surface area contributed by atoms with Crippen LogP contribution in [0.5, 0.6) is 5.75 Å². The number of hydrogen-bond donors (Lipinski definition) is 2. The van der Waals surface area contributed by atoms with Gasteiger partial charge in [0.15, 0.2) is 0 Å². The smallest absolute Gasteiger partial charge is 0.120 e. The van der Waals surface area contributed by atoms with Crippen molar-refractivity contribution in [1.82, 2.24) is 5.32 Å². The minimum Gasteiger partial charge on any atom is -0.492 e. The molecule has 0 saturated carbocycles. The summed E-state index contributed by atoms with van der Waals surface area (Å²) in [6, 6.07) is 5.24. The van der Waals surface area contributed by atoms with Gasteiger partial charge in [-0.2, -0.15) is 0 Å². The number of hydrogen-bond acceptors (Lipinski definition) is 3. The van der Waals surface area contributed by atoms with Gasteiger partial charge >= 0.3 is 0 Å². The molecule has 0 fully saturated rings.